The van der Waals surface area contributed by atoms with Gasteiger partial charge in [0.25, 0.3) is 0 Å². The van der Waals surface area contributed by atoms with Crippen LogP contribution in [-0.4, -0.2) is 35.1 Å². The molecule has 2 amide bonds. The summed E-state index contributed by atoms with van der Waals surface area (Å²) in [4.78, 5) is 25.4. The lowest BCUT2D eigenvalue weighted by molar-refractivity contribution is -0.148. The molecule has 0 spiro atoms. The summed E-state index contributed by atoms with van der Waals surface area (Å²) >= 11 is 2.18. The normalized spacial score (nSPS) is 21.3. The number of carboxylic acids is 1. The Morgan fingerprint density at radius 3 is 2.86 bits per heavy atom. The second-order valence-electron chi connectivity index (χ2n) is 5.45. The lowest BCUT2D eigenvalue weighted by atomic mass is 9.83. The number of hydrogen-bond acceptors (Lipinski definition) is 2. The highest BCUT2D eigenvalue weighted by Crippen LogP contribution is 2.35. The van der Waals surface area contributed by atoms with Gasteiger partial charge in [-0.2, -0.15) is 0 Å². The number of nitrogens with one attached hydrogen (secondary N) is 1. The van der Waals surface area contributed by atoms with Crippen molar-refractivity contribution < 1.29 is 14.7 Å². The smallest absolute Gasteiger partial charge is 0.321 e. The summed E-state index contributed by atoms with van der Waals surface area (Å²) in [7, 11) is 0. The molecule has 1 atom stereocenters. The molecule has 1 saturated heterocycles. The zero-order valence-corrected chi connectivity index (χ0v) is 14.1. The molecule has 0 bridgehead atoms. The van der Waals surface area contributed by atoms with Crippen LogP contribution in [-0.2, 0) is 4.79 Å². The topological polar surface area (TPSA) is 69.6 Å². The molecular weight excluding hydrogens is 383 g/mol. The highest BCUT2D eigenvalue weighted by Gasteiger charge is 2.45. The van der Waals surface area contributed by atoms with Crippen molar-refractivity contribution in [1.82, 2.24) is 4.90 Å². The Kier molecular flexibility index (Phi) is 5.08. The summed E-state index contributed by atoms with van der Waals surface area (Å²) in [5.41, 5.74) is -0.0489. The fourth-order valence-corrected chi connectivity index (χ4v) is 3.32. The lowest BCUT2D eigenvalue weighted by Crippen LogP contribution is -2.38. The predicted molar refractivity (Wildman–Crippen MR) is 89.3 cm³/mol. The first-order valence-electron chi connectivity index (χ1n) is 7.02. The standard InChI is InChI=1S/C15H19IN2O3/c1-2-6-15(13(19)20)7-8-18(10-15)14(21)17-12-5-3-4-11(16)9-12/h3-5,9H,2,6-8,10H2,1H3,(H,17,21)(H,19,20). The highest BCUT2D eigenvalue weighted by molar-refractivity contribution is 14.1. The molecule has 6 heteroatoms. The van der Waals surface area contributed by atoms with E-state index in [9.17, 15) is 14.7 Å². The second-order valence-corrected chi connectivity index (χ2v) is 6.69. The van der Waals surface area contributed by atoms with Crippen molar-refractivity contribution in [2.75, 3.05) is 18.4 Å². The van der Waals surface area contributed by atoms with E-state index in [-0.39, 0.29) is 12.6 Å². The van der Waals surface area contributed by atoms with E-state index in [1.165, 1.54) is 0 Å². The fraction of sp³-hybridized carbons (Fsp3) is 0.467. The van der Waals surface area contributed by atoms with E-state index in [0.29, 0.717) is 19.4 Å². The minimum Gasteiger partial charge on any atom is -0.481 e. The maximum absolute atomic E-state index is 12.3. The number of hydrogen-bond donors (Lipinski definition) is 2. The first-order chi connectivity index (χ1) is 9.97. The van der Waals surface area contributed by atoms with Gasteiger partial charge in [-0.15, -0.1) is 0 Å². The van der Waals surface area contributed by atoms with Crippen LogP contribution in [0.2, 0.25) is 0 Å². The quantitative estimate of drug-likeness (QED) is 0.759. The van der Waals surface area contributed by atoms with Crippen LogP contribution in [0.25, 0.3) is 0 Å². The molecule has 0 aromatic heterocycles. The molecule has 2 N–H and O–H groups in total. The van der Waals surface area contributed by atoms with Crippen LogP contribution >= 0.6 is 22.6 Å². The minimum absolute atomic E-state index is 0.226. The molecule has 1 aromatic rings. The molecule has 0 saturated carbocycles. The lowest BCUT2D eigenvalue weighted by Gasteiger charge is -2.24. The summed E-state index contributed by atoms with van der Waals surface area (Å²) in [5, 5.41) is 12.3. The SMILES string of the molecule is CCCC1(C(=O)O)CCN(C(=O)Nc2cccc(I)c2)C1. The molecule has 1 heterocycles. The van der Waals surface area contributed by atoms with E-state index in [2.05, 4.69) is 27.9 Å². The number of benzene rings is 1. The number of carboxylic acid groups (broad SMARTS) is 1. The number of likely N-dealkylation sites (tertiary alicyclic amines) is 1. The Bertz CT molecular complexity index is 549. The number of carbonyl (C=O) groups excluding carboxylic acids is 1. The number of anilines is 1. The molecular formula is C15H19IN2O3. The van der Waals surface area contributed by atoms with Crippen LogP contribution < -0.4 is 5.32 Å². The van der Waals surface area contributed by atoms with E-state index in [1.807, 2.05) is 31.2 Å². The van der Waals surface area contributed by atoms with E-state index in [4.69, 9.17) is 0 Å². The van der Waals surface area contributed by atoms with Gasteiger partial charge in [-0.05, 0) is 53.6 Å². The van der Waals surface area contributed by atoms with Crippen LogP contribution in [0.3, 0.4) is 0 Å². The summed E-state index contributed by atoms with van der Waals surface area (Å²) in [6, 6.07) is 7.30. The van der Waals surface area contributed by atoms with E-state index >= 15 is 0 Å². The average molecular weight is 402 g/mol. The van der Waals surface area contributed by atoms with Gasteiger partial charge in [0.05, 0.1) is 5.41 Å². The first-order valence-corrected chi connectivity index (χ1v) is 8.09. The summed E-state index contributed by atoms with van der Waals surface area (Å²) < 4.78 is 1.04. The van der Waals surface area contributed by atoms with Gasteiger partial charge in [0, 0.05) is 22.3 Å². The van der Waals surface area contributed by atoms with Gasteiger partial charge in [0.15, 0.2) is 0 Å². The number of nitrogens with zero attached hydrogens (tertiary/aromatic N) is 1. The van der Waals surface area contributed by atoms with Gasteiger partial charge < -0.3 is 15.3 Å². The Morgan fingerprint density at radius 1 is 1.48 bits per heavy atom. The van der Waals surface area contributed by atoms with Gasteiger partial charge in [-0.25, -0.2) is 4.79 Å². The number of carbonyl (C=O) groups is 2. The summed E-state index contributed by atoms with van der Waals surface area (Å²) in [5.74, 6) is -0.797. The largest absolute Gasteiger partial charge is 0.481 e. The number of urea groups is 1. The van der Waals surface area contributed by atoms with Crippen LogP contribution in [0.5, 0.6) is 0 Å². The fourth-order valence-electron chi connectivity index (χ4n) is 2.78. The molecule has 2 rings (SSSR count). The Morgan fingerprint density at radius 2 is 2.24 bits per heavy atom. The van der Waals surface area contributed by atoms with Gasteiger partial charge in [0.2, 0.25) is 0 Å². The third-order valence-corrected chi connectivity index (χ3v) is 4.57. The van der Waals surface area contributed by atoms with Gasteiger partial charge in [-0.3, -0.25) is 4.79 Å². The third kappa shape index (κ3) is 3.66. The zero-order valence-electron chi connectivity index (χ0n) is 11.9. The monoisotopic (exact) mass is 402 g/mol. The maximum atomic E-state index is 12.3. The molecule has 0 radical (unpaired) electrons. The molecule has 21 heavy (non-hydrogen) atoms. The number of rotatable bonds is 4. The van der Waals surface area contributed by atoms with Crippen molar-refractivity contribution in [3.05, 3.63) is 27.8 Å². The Balaban J connectivity index is 2.03. The van der Waals surface area contributed by atoms with Crippen LogP contribution in [0.15, 0.2) is 24.3 Å². The number of aliphatic carboxylic acids is 1. The van der Waals surface area contributed by atoms with Crippen molar-refractivity contribution >= 4 is 40.3 Å². The molecule has 1 aliphatic heterocycles. The highest BCUT2D eigenvalue weighted by atomic mass is 127. The predicted octanol–water partition coefficient (Wildman–Crippen LogP) is 3.40. The first kappa shape index (κ1) is 16.1. The molecule has 1 aliphatic rings. The van der Waals surface area contributed by atoms with Gasteiger partial charge in [-0.1, -0.05) is 19.4 Å². The van der Waals surface area contributed by atoms with Crippen molar-refractivity contribution in [1.29, 1.82) is 0 Å². The molecule has 5 nitrogen and oxygen atoms in total. The van der Waals surface area contributed by atoms with E-state index in [0.717, 1.165) is 15.7 Å². The van der Waals surface area contributed by atoms with Crippen LogP contribution in [0, 0.1) is 8.99 Å². The molecule has 1 fully saturated rings. The number of halogens is 1. The molecule has 1 unspecified atom stereocenters. The van der Waals surface area contributed by atoms with Gasteiger partial charge >= 0.3 is 12.0 Å². The summed E-state index contributed by atoms with van der Waals surface area (Å²) in [6.07, 6.45) is 1.93. The second kappa shape index (κ2) is 6.64. The molecule has 0 aliphatic carbocycles. The van der Waals surface area contributed by atoms with Crippen molar-refractivity contribution in [2.45, 2.75) is 26.2 Å². The maximum Gasteiger partial charge on any atom is 0.321 e. The minimum atomic E-state index is -0.797. The number of amides is 2. The van der Waals surface area contributed by atoms with Crippen LogP contribution in [0.1, 0.15) is 26.2 Å². The van der Waals surface area contributed by atoms with E-state index in [1.54, 1.807) is 4.90 Å². The van der Waals surface area contributed by atoms with Crippen molar-refractivity contribution in [2.24, 2.45) is 5.41 Å². The van der Waals surface area contributed by atoms with E-state index < -0.39 is 11.4 Å². The average Bonchev–Trinajstić information content (AvgIpc) is 2.85. The zero-order chi connectivity index (χ0) is 15.5. The van der Waals surface area contributed by atoms with Crippen molar-refractivity contribution in [3.63, 3.8) is 0 Å². The molecule has 1 aromatic carbocycles. The Labute approximate surface area is 137 Å². The molecule has 114 valence electrons. The van der Waals surface area contributed by atoms with Crippen molar-refractivity contribution in [3.8, 4) is 0 Å². The summed E-state index contributed by atoms with van der Waals surface area (Å²) in [6.45, 7) is 2.74. The third-order valence-electron chi connectivity index (χ3n) is 3.90. The Hall–Kier alpha value is -1.31. The van der Waals surface area contributed by atoms with Gasteiger partial charge in [0.1, 0.15) is 0 Å². The van der Waals surface area contributed by atoms with Crippen LogP contribution in [0.4, 0.5) is 10.5 Å².